The standard InChI is InChI=1S/C40H38N2OS/c1-39(2,3)30-15-10-13-27(23-30)26-12-9-14-28(22-26)32-17-11-19-36-37(32)42-38(44-36)33-16-7-8-18-34(33)41-25-29-24-31(40(4,5)6)20-21-35(29)43/h7-25,43H,1-6H3. The van der Waals surface area contributed by atoms with Gasteiger partial charge in [0.15, 0.2) is 0 Å². The van der Waals surface area contributed by atoms with E-state index in [0.717, 1.165) is 43.2 Å². The summed E-state index contributed by atoms with van der Waals surface area (Å²) in [4.78, 5) is 10.0. The Kier molecular flexibility index (Phi) is 7.73. The van der Waals surface area contributed by atoms with E-state index < -0.39 is 0 Å². The summed E-state index contributed by atoms with van der Waals surface area (Å²) in [6, 6.07) is 37.8. The predicted octanol–water partition coefficient (Wildman–Crippen LogP) is 11.3. The molecule has 220 valence electrons. The van der Waals surface area contributed by atoms with Gasteiger partial charge in [-0.3, -0.25) is 4.99 Å². The van der Waals surface area contributed by atoms with Crippen LogP contribution in [-0.2, 0) is 10.8 Å². The van der Waals surface area contributed by atoms with Crippen molar-refractivity contribution in [3.8, 4) is 38.6 Å². The summed E-state index contributed by atoms with van der Waals surface area (Å²) >= 11 is 1.67. The molecule has 0 saturated heterocycles. The van der Waals surface area contributed by atoms with Crippen molar-refractivity contribution in [1.29, 1.82) is 0 Å². The van der Waals surface area contributed by atoms with Gasteiger partial charge in [0, 0.05) is 22.9 Å². The largest absolute Gasteiger partial charge is 0.507 e. The van der Waals surface area contributed by atoms with Crippen molar-refractivity contribution < 1.29 is 5.11 Å². The molecule has 1 heterocycles. The Bertz CT molecular complexity index is 2000. The van der Waals surface area contributed by atoms with E-state index in [9.17, 15) is 5.11 Å². The number of para-hydroxylation sites is 2. The molecule has 5 aromatic carbocycles. The van der Waals surface area contributed by atoms with E-state index in [2.05, 4.69) is 114 Å². The van der Waals surface area contributed by atoms with Gasteiger partial charge in [-0.25, -0.2) is 4.98 Å². The van der Waals surface area contributed by atoms with Gasteiger partial charge in [0.25, 0.3) is 0 Å². The monoisotopic (exact) mass is 594 g/mol. The third-order valence-corrected chi connectivity index (χ3v) is 9.08. The van der Waals surface area contributed by atoms with E-state index >= 15 is 0 Å². The number of aromatic hydroxyl groups is 1. The number of thiazole rings is 1. The molecule has 0 spiro atoms. The van der Waals surface area contributed by atoms with E-state index in [-0.39, 0.29) is 16.6 Å². The van der Waals surface area contributed by atoms with Crippen molar-refractivity contribution in [3.63, 3.8) is 0 Å². The lowest BCUT2D eigenvalue weighted by molar-refractivity contribution is 0.473. The maximum Gasteiger partial charge on any atom is 0.126 e. The molecule has 44 heavy (non-hydrogen) atoms. The highest BCUT2D eigenvalue weighted by Gasteiger charge is 2.17. The summed E-state index contributed by atoms with van der Waals surface area (Å²) < 4.78 is 1.13. The van der Waals surface area contributed by atoms with Gasteiger partial charge in [-0.1, -0.05) is 114 Å². The second-order valence-corrected chi connectivity index (χ2v) is 14.4. The van der Waals surface area contributed by atoms with Crippen molar-refractivity contribution >= 4 is 33.5 Å². The summed E-state index contributed by atoms with van der Waals surface area (Å²) in [6.07, 6.45) is 1.75. The second-order valence-electron chi connectivity index (χ2n) is 13.4. The molecule has 0 aliphatic carbocycles. The summed E-state index contributed by atoms with van der Waals surface area (Å²) in [7, 11) is 0. The van der Waals surface area contributed by atoms with Gasteiger partial charge in [-0.15, -0.1) is 11.3 Å². The minimum Gasteiger partial charge on any atom is -0.507 e. The fourth-order valence-corrected chi connectivity index (χ4v) is 6.39. The first-order chi connectivity index (χ1) is 21.0. The molecular weight excluding hydrogens is 557 g/mol. The number of phenolic OH excluding ortho intramolecular Hbond substituents is 1. The third kappa shape index (κ3) is 6.09. The summed E-state index contributed by atoms with van der Waals surface area (Å²) in [5.41, 5.74) is 10.7. The number of aliphatic imine (C=N–C) groups is 1. The van der Waals surface area contributed by atoms with Crippen LogP contribution in [0.25, 0.3) is 43.0 Å². The Labute approximate surface area is 264 Å². The van der Waals surface area contributed by atoms with Crippen LogP contribution < -0.4 is 0 Å². The van der Waals surface area contributed by atoms with Crippen molar-refractivity contribution in [2.24, 2.45) is 4.99 Å². The number of hydrogen-bond donors (Lipinski definition) is 1. The molecular formula is C40H38N2OS. The molecule has 0 fully saturated rings. The van der Waals surface area contributed by atoms with Crippen molar-refractivity contribution in [3.05, 3.63) is 126 Å². The maximum absolute atomic E-state index is 10.5. The number of aromatic nitrogens is 1. The first kappa shape index (κ1) is 29.5. The van der Waals surface area contributed by atoms with Crippen LogP contribution in [0.3, 0.4) is 0 Å². The molecule has 1 aromatic heterocycles. The summed E-state index contributed by atoms with van der Waals surface area (Å²) in [6.45, 7) is 13.2. The fourth-order valence-electron chi connectivity index (χ4n) is 5.36. The lowest BCUT2D eigenvalue weighted by Gasteiger charge is -2.20. The molecule has 0 saturated carbocycles. The Morgan fingerprint density at radius 3 is 2.05 bits per heavy atom. The van der Waals surface area contributed by atoms with Crippen LogP contribution in [0.1, 0.15) is 58.2 Å². The van der Waals surface area contributed by atoms with E-state index in [1.807, 2.05) is 30.3 Å². The van der Waals surface area contributed by atoms with Gasteiger partial charge >= 0.3 is 0 Å². The van der Waals surface area contributed by atoms with Crippen LogP contribution in [0.5, 0.6) is 5.75 Å². The van der Waals surface area contributed by atoms with E-state index in [1.54, 1.807) is 23.6 Å². The van der Waals surface area contributed by atoms with Crippen LogP contribution in [0.4, 0.5) is 5.69 Å². The molecule has 0 atom stereocenters. The third-order valence-electron chi connectivity index (χ3n) is 8.03. The van der Waals surface area contributed by atoms with Crippen molar-refractivity contribution in [2.75, 3.05) is 0 Å². The smallest absolute Gasteiger partial charge is 0.126 e. The first-order valence-corrected chi connectivity index (χ1v) is 15.9. The topological polar surface area (TPSA) is 45.5 Å². The molecule has 0 aliphatic rings. The van der Waals surface area contributed by atoms with Gasteiger partial charge in [0.1, 0.15) is 10.8 Å². The summed E-state index contributed by atoms with van der Waals surface area (Å²) in [5.74, 6) is 0.219. The number of rotatable bonds is 5. The van der Waals surface area contributed by atoms with E-state index in [1.165, 1.54) is 16.7 Å². The zero-order valence-corrected chi connectivity index (χ0v) is 27.0. The Balaban J connectivity index is 1.38. The first-order valence-electron chi connectivity index (χ1n) is 15.1. The van der Waals surface area contributed by atoms with Crippen molar-refractivity contribution in [2.45, 2.75) is 52.4 Å². The second kappa shape index (κ2) is 11.5. The molecule has 3 nitrogen and oxygen atoms in total. The highest BCUT2D eigenvalue weighted by atomic mass is 32.1. The lowest BCUT2D eigenvalue weighted by Crippen LogP contribution is -2.11. The minimum absolute atomic E-state index is 0.0249. The average Bonchev–Trinajstić information content (AvgIpc) is 3.44. The number of fused-ring (bicyclic) bond motifs is 1. The molecule has 4 heteroatoms. The molecule has 0 unspecified atom stereocenters. The maximum atomic E-state index is 10.5. The predicted molar refractivity (Wildman–Crippen MR) is 189 cm³/mol. The van der Waals surface area contributed by atoms with Gasteiger partial charge in [0.2, 0.25) is 0 Å². The Morgan fingerprint density at radius 2 is 1.27 bits per heavy atom. The highest BCUT2D eigenvalue weighted by Crippen LogP contribution is 2.40. The minimum atomic E-state index is -0.0249. The molecule has 1 N–H and O–H groups in total. The van der Waals surface area contributed by atoms with E-state index in [0.29, 0.717) is 5.56 Å². The number of hydrogen-bond acceptors (Lipinski definition) is 4. The SMILES string of the molecule is CC(C)(C)c1cccc(-c2cccc(-c3cccc4sc(-c5ccccc5N=Cc5cc(C(C)(C)C)ccc5O)nc34)c2)c1. The van der Waals surface area contributed by atoms with Gasteiger partial charge in [-0.05, 0) is 75.0 Å². The molecule has 0 bridgehead atoms. The zero-order chi connectivity index (χ0) is 31.1. The van der Waals surface area contributed by atoms with Crippen LogP contribution in [0, 0.1) is 0 Å². The van der Waals surface area contributed by atoms with Crippen LogP contribution in [-0.4, -0.2) is 16.3 Å². The van der Waals surface area contributed by atoms with E-state index in [4.69, 9.17) is 9.98 Å². The number of nitrogens with zero attached hydrogens (tertiary/aromatic N) is 2. The molecule has 0 radical (unpaired) electrons. The lowest BCUT2D eigenvalue weighted by atomic mass is 9.85. The average molecular weight is 595 g/mol. The zero-order valence-electron chi connectivity index (χ0n) is 26.2. The molecule has 0 amide bonds. The highest BCUT2D eigenvalue weighted by molar-refractivity contribution is 7.21. The summed E-state index contributed by atoms with van der Waals surface area (Å²) in [5, 5.41) is 11.5. The van der Waals surface area contributed by atoms with Gasteiger partial charge in [-0.2, -0.15) is 0 Å². The quantitative estimate of drug-likeness (QED) is 0.202. The van der Waals surface area contributed by atoms with Crippen LogP contribution in [0.2, 0.25) is 0 Å². The fraction of sp³-hybridized carbons (Fsp3) is 0.200. The normalized spacial score (nSPS) is 12.3. The van der Waals surface area contributed by atoms with Crippen LogP contribution in [0.15, 0.2) is 114 Å². The Morgan fingerprint density at radius 1 is 0.636 bits per heavy atom. The van der Waals surface area contributed by atoms with Gasteiger partial charge < -0.3 is 5.11 Å². The Hall–Kier alpha value is -4.54. The molecule has 6 aromatic rings. The number of benzene rings is 5. The number of phenols is 1. The van der Waals surface area contributed by atoms with Crippen molar-refractivity contribution in [1.82, 2.24) is 4.98 Å². The van der Waals surface area contributed by atoms with Gasteiger partial charge in [0.05, 0.1) is 15.9 Å². The van der Waals surface area contributed by atoms with Crippen LogP contribution >= 0.6 is 11.3 Å². The molecule has 6 rings (SSSR count). The molecule has 0 aliphatic heterocycles.